The van der Waals surface area contributed by atoms with Gasteiger partial charge in [0.05, 0.1) is 17.1 Å². The van der Waals surface area contributed by atoms with Crippen LogP contribution in [0.4, 0.5) is 5.69 Å². The highest BCUT2D eigenvalue weighted by Gasteiger charge is 2.15. The third-order valence-corrected chi connectivity index (χ3v) is 5.53. The van der Waals surface area contributed by atoms with Crippen molar-refractivity contribution in [2.45, 2.75) is 13.5 Å². The van der Waals surface area contributed by atoms with E-state index >= 15 is 0 Å². The van der Waals surface area contributed by atoms with Gasteiger partial charge in [-0.25, -0.2) is 4.98 Å². The normalized spacial score (nSPS) is 11.1. The molecule has 0 spiro atoms. The number of hydrogen-bond acceptors (Lipinski definition) is 3. The third-order valence-electron chi connectivity index (χ3n) is 5.53. The quantitative estimate of drug-likeness (QED) is 0.452. The van der Waals surface area contributed by atoms with Gasteiger partial charge in [0.1, 0.15) is 11.5 Å². The SMILES string of the molecule is Cc1cc2c(C#N)cccc2n1-c1cc(NCc2ccccc2)c2ccn(C)c2n1. The van der Waals surface area contributed by atoms with Gasteiger partial charge in [-0.1, -0.05) is 36.4 Å². The second-order valence-electron chi connectivity index (χ2n) is 7.50. The molecular weight excluding hydrogens is 370 g/mol. The molecule has 30 heavy (non-hydrogen) atoms. The van der Waals surface area contributed by atoms with Gasteiger partial charge in [0.2, 0.25) is 0 Å². The topological polar surface area (TPSA) is 58.6 Å². The number of rotatable bonds is 4. The Morgan fingerprint density at radius 3 is 2.63 bits per heavy atom. The van der Waals surface area contributed by atoms with E-state index in [0.717, 1.165) is 45.7 Å². The molecule has 5 rings (SSSR count). The van der Waals surface area contributed by atoms with E-state index in [-0.39, 0.29) is 0 Å². The van der Waals surface area contributed by atoms with Crippen molar-refractivity contribution >= 4 is 27.6 Å². The van der Waals surface area contributed by atoms with E-state index in [2.05, 4.69) is 65.3 Å². The van der Waals surface area contributed by atoms with Crippen LogP contribution in [0.15, 0.2) is 72.9 Å². The van der Waals surface area contributed by atoms with Crippen LogP contribution < -0.4 is 5.32 Å². The Kier molecular flexibility index (Phi) is 4.26. The van der Waals surface area contributed by atoms with Crippen LogP contribution >= 0.6 is 0 Å². The zero-order valence-electron chi connectivity index (χ0n) is 16.9. The smallest absolute Gasteiger partial charge is 0.144 e. The maximum atomic E-state index is 9.49. The average Bonchev–Trinajstić information content (AvgIpc) is 3.31. The highest BCUT2D eigenvalue weighted by Crippen LogP contribution is 2.30. The second-order valence-corrected chi connectivity index (χ2v) is 7.50. The molecule has 0 unspecified atom stereocenters. The molecule has 0 bridgehead atoms. The van der Waals surface area contributed by atoms with Crippen molar-refractivity contribution in [3.05, 3.63) is 89.7 Å². The van der Waals surface area contributed by atoms with E-state index in [9.17, 15) is 5.26 Å². The highest BCUT2D eigenvalue weighted by molar-refractivity contribution is 5.93. The van der Waals surface area contributed by atoms with Gasteiger partial charge in [-0.3, -0.25) is 4.57 Å². The number of nitriles is 1. The molecule has 0 radical (unpaired) electrons. The van der Waals surface area contributed by atoms with E-state index in [1.165, 1.54) is 5.56 Å². The molecule has 5 nitrogen and oxygen atoms in total. The van der Waals surface area contributed by atoms with Crippen molar-refractivity contribution in [1.29, 1.82) is 5.26 Å². The van der Waals surface area contributed by atoms with Crippen LogP contribution in [0.1, 0.15) is 16.8 Å². The maximum absolute atomic E-state index is 9.49. The standard InChI is InChI=1S/C25H21N5/c1-17-13-21-19(15-26)9-6-10-23(21)30(17)24-14-22(20-11-12-29(2)25(20)28-24)27-16-18-7-4-3-5-8-18/h3-14H,16H2,1-2H3,(H,27,28). The molecule has 146 valence electrons. The Bertz CT molecular complexity index is 1420. The van der Waals surface area contributed by atoms with Crippen molar-refractivity contribution < 1.29 is 0 Å². The molecule has 0 aliphatic heterocycles. The molecule has 0 saturated heterocycles. The first-order valence-corrected chi connectivity index (χ1v) is 9.91. The first-order valence-electron chi connectivity index (χ1n) is 9.91. The fourth-order valence-electron chi connectivity index (χ4n) is 4.04. The van der Waals surface area contributed by atoms with Crippen LogP contribution in [0.3, 0.4) is 0 Å². The van der Waals surface area contributed by atoms with Crippen LogP contribution in [-0.4, -0.2) is 14.1 Å². The first kappa shape index (κ1) is 18.0. The molecule has 5 heteroatoms. The Hall–Kier alpha value is -4.04. The monoisotopic (exact) mass is 391 g/mol. The average molecular weight is 391 g/mol. The summed E-state index contributed by atoms with van der Waals surface area (Å²) in [6.07, 6.45) is 2.03. The highest BCUT2D eigenvalue weighted by atomic mass is 15.1. The van der Waals surface area contributed by atoms with Gasteiger partial charge in [-0.2, -0.15) is 5.26 Å². The Balaban J connectivity index is 1.67. The fourth-order valence-corrected chi connectivity index (χ4v) is 4.04. The second kappa shape index (κ2) is 7.09. The number of aromatic nitrogens is 3. The molecule has 0 fully saturated rings. The fraction of sp³-hybridized carbons (Fsp3) is 0.120. The summed E-state index contributed by atoms with van der Waals surface area (Å²) in [5.41, 5.74) is 5.89. The van der Waals surface area contributed by atoms with Crippen LogP contribution in [0.5, 0.6) is 0 Å². The van der Waals surface area contributed by atoms with E-state index in [0.29, 0.717) is 5.56 Å². The molecule has 3 aromatic heterocycles. The van der Waals surface area contributed by atoms with Gasteiger partial charge >= 0.3 is 0 Å². The Morgan fingerprint density at radius 2 is 1.83 bits per heavy atom. The summed E-state index contributed by atoms with van der Waals surface area (Å²) in [4.78, 5) is 4.96. The molecule has 5 aromatic rings. The number of fused-ring (bicyclic) bond motifs is 2. The molecule has 0 aliphatic rings. The van der Waals surface area contributed by atoms with Gasteiger partial charge in [-0.05, 0) is 36.8 Å². The first-order chi connectivity index (χ1) is 14.7. The van der Waals surface area contributed by atoms with Gasteiger partial charge < -0.3 is 9.88 Å². The lowest BCUT2D eigenvalue weighted by atomic mass is 10.1. The number of hydrogen-bond donors (Lipinski definition) is 1. The summed E-state index contributed by atoms with van der Waals surface area (Å²) < 4.78 is 4.16. The third kappa shape index (κ3) is 2.90. The van der Waals surface area contributed by atoms with Crippen molar-refractivity contribution in [3.8, 4) is 11.9 Å². The summed E-state index contributed by atoms with van der Waals surface area (Å²) in [6.45, 7) is 2.79. The molecule has 1 N–H and O–H groups in total. The van der Waals surface area contributed by atoms with Gasteiger partial charge in [-0.15, -0.1) is 0 Å². The Labute approximate surface area is 174 Å². The van der Waals surface area contributed by atoms with Gasteiger partial charge in [0.25, 0.3) is 0 Å². The zero-order chi connectivity index (χ0) is 20.7. The lowest BCUT2D eigenvalue weighted by molar-refractivity contribution is 0.929. The molecule has 0 saturated carbocycles. The van der Waals surface area contributed by atoms with Crippen LogP contribution in [0.25, 0.3) is 27.8 Å². The minimum absolute atomic E-state index is 0.678. The lowest BCUT2D eigenvalue weighted by Gasteiger charge is -2.13. The van der Waals surface area contributed by atoms with Crippen molar-refractivity contribution in [2.24, 2.45) is 7.05 Å². The number of nitrogens with zero attached hydrogens (tertiary/aromatic N) is 4. The van der Waals surface area contributed by atoms with Crippen molar-refractivity contribution in [2.75, 3.05) is 5.32 Å². The minimum Gasteiger partial charge on any atom is -0.380 e. The summed E-state index contributed by atoms with van der Waals surface area (Å²) in [5.74, 6) is 0.836. The summed E-state index contributed by atoms with van der Waals surface area (Å²) >= 11 is 0. The summed E-state index contributed by atoms with van der Waals surface area (Å²) in [5, 5.41) is 15.1. The summed E-state index contributed by atoms with van der Waals surface area (Å²) in [7, 11) is 2.01. The van der Waals surface area contributed by atoms with E-state index in [1.54, 1.807) is 0 Å². The zero-order valence-corrected chi connectivity index (χ0v) is 16.9. The Morgan fingerprint density at radius 1 is 1.00 bits per heavy atom. The molecule has 0 aliphatic carbocycles. The van der Waals surface area contributed by atoms with Crippen LogP contribution in [0.2, 0.25) is 0 Å². The number of pyridine rings is 1. The number of nitrogens with one attached hydrogen (secondary N) is 1. The van der Waals surface area contributed by atoms with Crippen LogP contribution in [-0.2, 0) is 13.6 Å². The van der Waals surface area contributed by atoms with Crippen molar-refractivity contribution in [1.82, 2.24) is 14.1 Å². The number of benzene rings is 2. The van der Waals surface area contributed by atoms with Crippen molar-refractivity contribution in [3.63, 3.8) is 0 Å². The molecular formula is C25H21N5. The molecule has 3 heterocycles. The van der Waals surface area contributed by atoms with Gasteiger partial charge in [0.15, 0.2) is 0 Å². The molecule has 2 aromatic carbocycles. The maximum Gasteiger partial charge on any atom is 0.144 e. The van der Waals surface area contributed by atoms with E-state index in [4.69, 9.17) is 4.98 Å². The lowest BCUT2D eigenvalue weighted by Crippen LogP contribution is -2.05. The minimum atomic E-state index is 0.678. The largest absolute Gasteiger partial charge is 0.380 e. The number of aryl methyl sites for hydroxylation is 2. The van der Waals surface area contributed by atoms with E-state index < -0.39 is 0 Å². The predicted molar refractivity (Wildman–Crippen MR) is 121 cm³/mol. The van der Waals surface area contributed by atoms with Gasteiger partial charge in [0, 0.05) is 48.0 Å². The molecule has 0 atom stereocenters. The number of anilines is 1. The molecule has 0 amide bonds. The summed E-state index contributed by atoms with van der Waals surface area (Å²) in [6, 6.07) is 24.7. The van der Waals surface area contributed by atoms with Crippen LogP contribution in [0, 0.1) is 18.3 Å². The van der Waals surface area contributed by atoms with E-state index in [1.807, 2.05) is 42.1 Å². The predicted octanol–water partition coefficient (Wildman–Crippen LogP) is 5.31.